The summed E-state index contributed by atoms with van der Waals surface area (Å²) < 4.78 is 6.37. The van der Waals surface area contributed by atoms with Gasteiger partial charge in [-0.3, -0.25) is 10.3 Å². The molecule has 5 nitrogen and oxygen atoms in total. The molecular weight excluding hydrogens is 360 g/mol. The number of halogens is 1. The molecule has 2 N–H and O–H groups in total. The Kier molecular flexibility index (Phi) is 6.88. The standard InChI is InChI=1S/C12H17BrN4OS2/c13-10-7-11(20-9-10)8-15-16-12(19)14-1-2-17-3-5-18-6-4-17/h7-9H,1-6H2,(H2,14,16,19)/b15-8+. The number of thiophene rings is 1. The van der Waals surface area contributed by atoms with E-state index in [1.165, 1.54) is 0 Å². The molecule has 1 aromatic rings. The van der Waals surface area contributed by atoms with E-state index in [4.69, 9.17) is 17.0 Å². The van der Waals surface area contributed by atoms with Gasteiger partial charge in [-0.2, -0.15) is 5.10 Å². The van der Waals surface area contributed by atoms with Gasteiger partial charge < -0.3 is 10.1 Å². The quantitative estimate of drug-likeness (QED) is 0.464. The number of nitrogens with one attached hydrogen (secondary N) is 2. The number of morpholine rings is 1. The van der Waals surface area contributed by atoms with Crippen LogP contribution in [0.1, 0.15) is 4.88 Å². The fourth-order valence-electron chi connectivity index (χ4n) is 1.74. The minimum absolute atomic E-state index is 0.546. The van der Waals surface area contributed by atoms with Crippen LogP contribution in [-0.4, -0.2) is 55.6 Å². The van der Waals surface area contributed by atoms with E-state index in [9.17, 15) is 0 Å². The third-order valence-corrected chi connectivity index (χ3v) is 4.63. The number of hydrogen-bond acceptors (Lipinski definition) is 5. The van der Waals surface area contributed by atoms with Crippen LogP contribution >= 0.6 is 39.5 Å². The van der Waals surface area contributed by atoms with Crippen molar-refractivity contribution in [2.24, 2.45) is 5.10 Å². The minimum atomic E-state index is 0.546. The Morgan fingerprint density at radius 2 is 2.35 bits per heavy atom. The molecule has 0 amide bonds. The van der Waals surface area contributed by atoms with Crippen LogP contribution in [0, 0.1) is 0 Å². The molecule has 8 heteroatoms. The molecule has 0 atom stereocenters. The zero-order chi connectivity index (χ0) is 14.2. The normalized spacial score (nSPS) is 16.4. The summed E-state index contributed by atoms with van der Waals surface area (Å²) in [4.78, 5) is 3.42. The lowest BCUT2D eigenvalue weighted by Crippen LogP contribution is -2.42. The Hall–Kier alpha value is -0.540. The Labute approximate surface area is 136 Å². The molecule has 2 heterocycles. The second-order valence-corrected chi connectivity index (χ2v) is 6.51. The monoisotopic (exact) mass is 376 g/mol. The molecular formula is C12H17BrN4OS2. The first kappa shape index (κ1) is 15.8. The molecule has 0 spiro atoms. The van der Waals surface area contributed by atoms with Gasteiger partial charge in [-0.1, -0.05) is 0 Å². The summed E-state index contributed by atoms with van der Waals surface area (Å²) in [6, 6.07) is 2.00. The zero-order valence-electron chi connectivity index (χ0n) is 11.0. The summed E-state index contributed by atoms with van der Waals surface area (Å²) >= 11 is 10.2. The number of nitrogens with zero attached hydrogens (tertiary/aromatic N) is 2. The third kappa shape index (κ3) is 5.84. The molecule has 0 bridgehead atoms. The summed E-state index contributed by atoms with van der Waals surface area (Å²) in [5.41, 5.74) is 2.82. The maximum atomic E-state index is 5.30. The van der Waals surface area contributed by atoms with Crippen LogP contribution in [-0.2, 0) is 4.74 Å². The predicted octanol–water partition coefficient (Wildman–Crippen LogP) is 1.64. The van der Waals surface area contributed by atoms with Crippen LogP contribution in [0.5, 0.6) is 0 Å². The van der Waals surface area contributed by atoms with Crippen LogP contribution in [0.3, 0.4) is 0 Å². The lowest BCUT2D eigenvalue weighted by atomic mass is 10.4. The molecule has 0 radical (unpaired) electrons. The van der Waals surface area contributed by atoms with Crippen molar-refractivity contribution in [2.75, 3.05) is 39.4 Å². The average molecular weight is 377 g/mol. The highest BCUT2D eigenvalue weighted by molar-refractivity contribution is 9.10. The van der Waals surface area contributed by atoms with Crippen LogP contribution in [0.4, 0.5) is 0 Å². The molecule has 1 fully saturated rings. The molecule has 2 rings (SSSR count). The van der Waals surface area contributed by atoms with Crippen molar-refractivity contribution in [3.63, 3.8) is 0 Å². The third-order valence-electron chi connectivity index (χ3n) is 2.76. The van der Waals surface area contributed by atoms with Gasteiger partial charge in [0.2, 0.25) is 0 Å². The first-order valence-corrected chi connectivity index (χ1v) is 8.43. The van der Waals surface area contributed by atoms with Gasteiger partial charge in [0.05, 0.1) is 19.4 Å². The van der Waals surface area contributed by atoms with E-state index in [2.05, 4.69) is 36.7 Å². The molecule has 0 aromatic carbocycles. The van der Waals surface area contributed by atoms with Gasteiger partial charge in [0.1, 0.15) is 0 Å². The van der Waals surface area contributed by atoms with Crippen molar-refractivity contribution in [3.8, 4) is 0 Å². The molecule has 0 unspecified atom stereocenters. The first-order valence-electron chi connectivity index (χ1n) is 6.35. The van der Waals surface area contributed by atoms with Crippen molar-refractivity contribution in [1.29, 1.82) is 0 Å². The van der Waals surface area contributed by atoms with E-state index in [1.54, 1.807) is 17.6 Å². The average Bonchev–Trinajstić information content (AvgIpc) is 2.86. The summed E-state index contributed by atoms with van der Waals surface area (Å²) in [5, 5.41) is 9.80. The minimum Gasteiger partial charge on any atom is -0.379 e. The lowest BCUT2D eigenvalue weighted by molar-refractivity contribution is 0.0389. The first-order chi connectivity index (χ1) is 9.74. The van der Waals surface area contributed by atoms with Crippen LogP contribution in [0.2, 0.25) is 0 Å². The van der Waals surface area contributed by atoms with Crippen molar-refractivity contribution >= 4 is 50.8 Å². The summed E-state index contributed by atoms with van der Waals surface area (Å²) in [5.74, 6) is 0. The maximum absolute atomic E-state index is 5.30. The second kappa shape index (κ2) is 8.68. The van der Waals surface area contributed by atoms with E-state index in [-0.39, 0.29) is 0 Å². The van der Waals surface area contributed by atoms with Gasteiger partial charge in [-0.25, -0.2) is 0 Å². The number of ether oxygens (including phenoxy) is 1. The molecule has 110 valence electrons. The van der Waals surface area contributed by atoms with Gasteiger partial charge in [0.15, 0.2) is 5.11 Å². The topological polar surface area (TPSA) is 48.9 Å². The number of thiocarbonyl (C=S) groups is 1. The van der Waals surface area contributed by atoms with E-state index in [0.29, 0.717) is 5.11 Å². The highest BCUT2D eigenvalue weighted by Crippen LogP contribution is 2.17. The Morgan fingerprint density at radius 1 is 1.55 bits per heavy atom. The predicted molar refractivity (Wildman–Crippen MR) is 90.6 cm³/mol. The SMILES string of the molecule is S=C(NCCN1CCOCC1)N/N=C/c1cc(Br)cs1. The van der Waals surface area contributed by atoms with Crippen molar-refractivity contribution in [3.05, 3.63) is 20.8 Å². The molecule has 1 aromatic heterocycles. The molecule has 20 heavy (non-hydrogen) atoms. The highest BCUT2D eigenvalue weighted by atomic mass is 79.9. The van der Waals surface area contributed by atoms with Gasteiger partial charge in [-0.15, -0.1) is 11.3 Å². The summed E-state index contributed by atoms with van der Waals surface area (Å²) in [6.45, 7) is 5.41. The van der Waals surface area contributed by atoms with Gasteiger partial charge in [0.25, 0.3) is 0 Å². The molecule has 0 saturated carbocycles. The van der Waals surface area contributed by atoms with Crippen LogP contribution in [0.25, 0.3) is 0 Å². The van der Waals surface area contributed by atoms with E-state index in [1.807, 2.05) is 11.4 Å². The highest BCUT2D eigenvalue weighted by Gasteiger charge is 2.09. The fourth-order valence-corrected chi connectivity index (χ4v) is 3.20. The summed E-state index contributed by atoms with van der Waals surface area (Å²) in [6.07, 6.45) is 1.76. The molecule has 1 saturated heterocycles. The number of hydrazone groups is 1. The van der Waals surface area contributed by atoms with E-state index >= 15 is 0 Å². The fraction of sp³-hybridized carbons (Fsp3) is 0.500. The van der Waals surface area contributed by atoms with Crippen molar-refractivity contribution < 1.29 is 4.74 Å². The maximum Gasteiger partial charge on any atom is 0.187 e. The van der Waals surface area contributed by atoms with Gasteiger partial charge in [0, 0.05) is 40.9 Å². The smallest absolute Gasteiger partial charge is 0.187 e. The lowest BCUT2D eigenvalue weighted by Gasteiger charge is -2.26. The zero-order valence-corrected chi connectivity index (χ0v) is 14.2. The summed E-state index contributed by atoms with van der Waals surface area (Å²) in [7, 11) is 0. The van der Waals surface area contributed by atoms with Gasteiger partial charge in [-0.05, 0) is 34.2 Å². The molecule has 0 aliphatic carbocycles. The van der Waals surface area contributed by atoms with E-state index < -0.39 is 0 Å². The van der Waals surface area contributed by atoms with Gasteiger partial charge >= 0.3 is 0 Å². The van der Waals surface area contributed by atoms with E-state index in [0.717, 1.165) is 48.7 Å². The van der Waals surface area contributed by atoms with Crippen molar-refractivity contribution in [2.45, 2.75) is 0 Å². The Balaban J connectivity index is 1.59. The van der Waals surface area contributed by atoms with Crippen LogP contribution in [0.15, 0.2) is 21.0 Å². The number of rotatable bonds is 5. The molecule has 1 aliphatic rings. The Bertz CT molecular complexity index is 460. The molecule has 1 aliphatic heterocycles. The van der Waals surface area contributed by atoms with Crippen LogP contribution < -0.4 is 10.7 Å². The Morgan fingerprint density at radius 3 is 3.05 bits per heavy atom. The second-order valence-electron chi connectivity index (χ2n) is 4.25. The van der Waals surface area contributed by atoms with Crippen molar-refractivity contribution in [1.82, 2.24) is 15.6 Å². The number of hydrogen-bond donors (Lipinski definition) is 2. The largest absolute Gasteiger partial charge is 0.379 e.